The smallest absolute Gasteiger partial charge is 0.227 e. The standard InChI is InChI=1S/C12H15N3OS/c1-8(2)10-11(16)15-12(17-10)14-7-9-3-5-13-6-4-9/h3-6,8,16H,7H2,1-2H3,(H,14,15). The molecule has 5 heteroatoms. The Labute approximate surface area is 104 Å². The van der Waals surface area contributed by atoms with Gasteiger partial charge in [0.1, 0.15) is 0 Å². The number of anilines is 1. The molecule has 17 heavy (non-hydrogen) atoms. The van der Waals surface area contributed by atoms with Crippen LogP contribution in [0.3, 0.4) is 0 Å². The molecule has 2 N–H and O–H groups in total. The number of hydrogen-bond acceptors (Lipinski definition) is 5. The highest BCUT2D eigenvalue weighted by Gasteiger charge is 2.12. The van der Waals surface area contributed by atoms with Gasteiger partial charge in [0.2, 0.25) is 5.88 Å². The van der Waals surface area contributed by atoms with Crippen molar-refractivity contribution in [3.05, 3.63) is 35.0 Å². The Bertz CT molecular complexity index is 482. The Kier molecular flexibility index (Phi) is 3.58. The molecule has 0 aliphatic carbocycles. The summed E-state index contributed by atoms with van der Waals surface area (Å²) < 4.78 is 0. The van der Waals surface area contributed by atoms with Gasteiger partial charge in [-0.05, 0) is 23.6 Å². The van der Waals surface area contributed by atoms with Crippen molar-refractivity contribution in [1.82, 2.24) is 9.97 Å². The molecular formula is C12H15N3OS. The summed E-state index contributed by atoms with van der Waals surface area (Å²) in [6.45, 7) is 4.77. The fourth-order valence-electron chi connectivity index (χ4n) is 1.45. The molecule has 0 saturated carbocycles. The number of rotatable bonds is 4. The Morgan fingerprint density at radius 3 is 2.65 bits per heavy atom. The highest BCUT2D eigenvalue weighted by atomic mass is 32.1. The second kappa shape index (κ2) is 5.14. The molecule has 0 fully saturated rings. The molecule has 0 unspecified atom stereocenters. The van der Waals surface area contributed by atoms with Gasteiger partial charge >= 0.3 is 0 Å². The van der Waals surface area contributed by atoms with Crippen LogP contribution in [0, 0.1) is 0 Å². The number of nitrogens with one attached hydrogen (secondary N) is 1. The van der Waals surface area contributed by atoms with E-state index >= 15 is 0 Å². The number of pyridine rings is 1. The monoisotopic (exact) mass is 249 g/mol. The zero-order valence-electron chi connectivity index (χ0n) is 9.84. The molecule has 0 amide bonds. The molecule has 0 aliphatic heterocycles. The van der Waals surface area contributed by atoms with Gasteiger partial charge in [-0.25, -0.2) is 0 Å². The average Bonchev–Trinajstić information content (AvgIpc) is 2.69. The molecule has 4 nitrogen and oxygen atoms in total. The van der Waals surface area contributed by atoms with Crippen molar-refractivity contribution in [1.29, 1.82) is 0 Å². The van der Waals surface area contributed by atoms with Crippen LogP contribution in [0.15, 0.2) is 24.5 Å². The fraction of sp³-hybridized carbons (Fsp3) is 0.333. The second-order valence-electron chi connectivity index (χ2n) is 4.07. The summed E-state index contributed by atoms with van der Waals surface area (Å²) in [5, 5.41) is 13.6. The maximum atomic E-state index is 9.65. The van der Waals surface area contributed by atoms with E-state index in [1.807, 2.05) is 26.0 Å². The number of aromatic nitrogens is 2. The number of aromatic hydroxyl groups is 1. The van der Waals surface area contributed by atoms with E-state index in [1.165, 1.54) is 11.3 Å². The van der Waals surface area contributed by atoms with Gasteiger partial charge in [0.25, 0.3) is 0 Å². The summed E-state index contributed by atoms with van der Waals surface area (Å²) in [5.41, 5.74) is 1.14. The first-order chi connectivity index (χ1) is 8.16. The molecule has 0 spiro atoms. The molecule has 0 aromatic carbocycles. The van der Waals surface area contributed by atoms with E-state index in [2.05, 4.69) is 15.3 Å². The lowest BCUT2D eigenvalue weighted by atomic mass is 10.2. The van der Waals surface area contributed by atoms with Crippen molar-refractivity contribution < 1.29 is 5.11 Å². The summed E-state index contributed by atoms with van der Waals surface area (Å²) in [6.07, 6.45) is 3.52. The fourth-order valence-corrected chi connectivity index (χ4v) is 2.31. The van der Waals surface area contributed by atoms with Gasteiger partial charge in [0, 0.05) is 18.9 Å². The van der Waals surface area contributed by atoms with Crippen molar-refractivity contribution in [3.63, 3.8) is 0 Å². The lowest BCUT2D eigenvalue weighted by Crippen LogP contribution is -1.98. The summed E-state index contributed by atoms with van der Waals surface area (Å²) >= 11 is 1.50. The minimum absolute atomic E-state index is 0.141. The van der Waals surface area contributed by atoms with Gasteiger partial charge in [-0.15, -0.1) is 0 Å². The Balaban J connectivity index is 2.02. The average molecular weight is 249 g/mol. The van der Waals surface area contributed by atoms with Crippen molar-refractivity contribution in [2.24, 2.45) is 0 Å². The topological polar surface area (TPSA) is 58.0 Å². The highest BCUT2D eigenvalue weighted by Crippen LogP contribution is 2.33. The summed E-state index contributed by atoms with van der Waals surface area (Å²) in [5.74, 6) is 0.436. The van der Waals surface area contributed by atoms with E-state index in [4.69, 9.17) is 0 Å². The van der Waals surface area contributed by atoms with Crippen LogP contribution >= 0.6 is 11.3 Å². The maximum absolute atomic E-state index is 9.65. The van der Waals surface area contributed by atoms with E-state index in [0.717, 1.165) is 15.6 Å². The predicted molar refractivity (Wildman–Crippen MR) is 69.4 cm³/mol. The van der Waals surface area contributed by atoms with Gasteiger partial charge in [-0.1, -0.05) is 25.2 Å². The minimum atomic E-state index is 0.141. The lowest BCUT2D eigenvalue weighted by Gasteiger charge is -2.01. The highest BCUT2D eigenvalue weighted by molar-refractivity contribution is 7.15. The van der Waals surface area contributed by atoms with Crippen molar-refractivity contribution in [2.75, 3.05) is 5.32 Å². The molecule has 0 atom stereocenters. The van der Waals surface area contributed by atoms with Crippen molar-refractivity contribution in [2.45, 2.75) is 26.3 Å². The van der Waals surface area contributed by atoms with E-state index in [-0.39, 0.29) is 5.88 Å². The molecule has 0 bridgehead atoms. The largest absolute Gasteiger partial charge is 0.492 e. The van der Waals surface area contributed by atoms with Crippen LogP contribution in [0.25, 0.3) is 0 Å². The van der Waals surface area contributed by atoms with Crippen LogP contribution < -0.4 is 5.32 Å². The van der Waals surface area contributed by atoms with Crippen LogP contribution in [0.5, 0.6) is 5.88 Å². The first kappa shape index (κ1) is 11.9. The first-order valence-electron chi connectivity index (χ1n) is 5.49. The third-order valence-corrected chi connectivity index (χ3v) is 3.65. The summed E-state index contributed by atoms with van der Waals surface area (Å²) in [4.78, 5) is 8.97. The lowest BCUT2D eigenvalue weighted by molar-refractivity contribution is 0.449. The third kappa shape index (κ3) is 2.94. The molecule has 90 valence electrons. The number of hydrogen-bond donors (Lipinski definition) is 2. The van der Waals surface area contributed by atoms with E-state index in [9.17, 15) is 5.11 Å². The maximum Gasteiger partial charge on any atom is 0.227 e. The predicted octanol–water partition coefficient (Wildman–Crippen LogP) is 2.98. The molecule has 2 heterocycles. The van der Waals surface area contributed by atoms with Gasteiger partial charge in [0.15, 0.2) is 5.13 Å². The Morgan fingerprint density at radius 2 is 2.06 bits per heavy atom. The van der Waals surface area contributed by atoms with Gasteiger partial charge in [-0.2, -0.15) is 4.98 Å². The zero-order valence-corrected chi connectivity index (χ0v) is 10.7. The summed E-state index contributed by atoms with van der Waals surface area (Å²) in [6, 6.07) is 3.90. The van der Waals surface area contributed by atoms with Crippen LogP contribution in [-0.4, -0.2) is 15.1 Å². The van der Waals surface area contributed by atoms with Crippen LogP contribution in [-0.2, 0) is 6.54 Å². The van der Waals surface area contributed by atoms with Gasteiger partial charge < -0.3 is 10.4 Å². The first-order valence-corrected chi connectivity index (χ1v) is 6.31. The molecule has 0 saturated heterocycles. The Morgan fingerprint density at radius 1 is 1.35 bits per heavy atom. The molecule has 0 aliphatic rings. The normalized spacial score (nSPS) is 10.8. The van der Waals surface area contributed by atoms with E-state index < -0.39 is 0 Å². The van der Waals surface area contributed by atoms with E-state index in [0.29, 0.717) is 12.5 Å². The molecule has 2 rings (SSSR count). The minimum Gasteiger partial charge on any atom is -0.492 e. The van der Waals surface area contributed by atoms with E-state index in [1.54, 1.807) is 12.4 Å². The molecule has 0 radical (unpaired) electrons. The SMILES string of the molecule is CC(C)c1sc(NCc2ccncc2)nc1O. The van der Waals surface area contributed by atoms with Crippen LogP contribution in [0.2, 0.25) is 0 Å². The second-order valence-corrected chi connectivity index (χ2v) is 5.10. The molecule has 2 aromatic rings. The molecule has 2 aromatic heterocycles. The third-order valence-electron chi connectivity index (χ3n) is 2.35. The summed E-state index contributed by atoms with van der Waals surface area (Å²) in [7, 11) is 0. The quantitative estimate of drug-likeness (QED) is 0.874. The van der Waals surface area contributed by atoms with Crippen molar-refractivity contribution >= 4 is 16.5 Å². The van der Waals surface area contributed by atoms with Crippen LogP contribution in [0.1, 0.15) is 30.2 Å². The van der Waals surface area contributed by atoms with Crippen molar-refractivity contribution in [3.8, 4) is 5.88 Å². The number of thiazole rings is 1. The number of nitrogens with zero attached hydrogens (tertiary/aromatic N) is 2. The Hall–Kier alpha value is -1.62. The molecular weight excluding hydrogens is 234 g/mol. The van der Waals surface area contributed by atoms with Crippen LogP contribution in [0.4, 0.5) is 5.13 Å². The van der Waals surface area contributed by atoms with Gasteiger partial charge in [0.05, 0.1) is 4.88 Å². The van der Waals surface area contributed by atoms with Gasteiger partial charge in [-0.3, -0.25) is 4.98 Å². The zero-order chi connectivity index (χ0) is 12.3.